The predicted octanol–water partition coefficient (Wildman–Crippen LogP) is 4.48. The molecular formula is C25H25ClF3N5O5. The van der Waals surface area contributed by atoms with Crippen molar-refractivity contribution in [1.82, 2.24) is 19.4 Å². The van der Waals surface area contributed by atoms with Gasteiger partial charge >= 0.3 is 18.2 Å². The number of fused-ring (bicyclic) bond motifs is 1. The molecular weight excluding hydrogens is 543 g/mol. The first-order valence-corrected chi connectivity index (χ1v) is 12.4. The summed E-state index contributed by atoms with van der Waals surface area (Å²) in [5, 5.41) is 2.52. The van der Waals surface area contributed by atoms with Gasteiger partial charge in [-0.2, -0.15) is 22.7 Å². The highest BCUT2D eigenvalue weighted by molar-refractivity contribution is 6.31. The zero-order valence-electron chi connectivity index (χ0n) is 21.4. The molecule has 0 saturated carbocycles. The lowest BCUT2D eigenvalue weighted by atomic mass is 9.98. The molecule has 1 N–H and O–H groups in total. The first-order valence-electron chi connectivity index (χ1n) is 12.0. The lowest BCUT2D eigenvalue weighted by Gasteiger charge is -2.34. The molecule has 2 aromatic heterocycles. The van der Waals surface area contributed by atoms with Gasteiger partial charge in [0.1, 0.15) is 6.26 Å². The number of rotatable bonds is 6. The average Bonchev–Trinajstić information content (AvgIpc) is 3.33. The van der Waals surface area contributed by atoms with Crippen LogP contribution in [-0.2, 0) is 23.9 Å². The van der Waals surface area contributed by atoms with E-state index in [1.165, 1.54) is 11.0 Å². The summed E-state index contributed by atoms with van der Waals surface area (Å²) >= 11 is 5.71. The molecule has 4 rings (SSSR count). The van der Waals surface area contributed by atoms with E-state index in [1.54, 1.807) is 13.8 Å². The van der Waals surface area contributed by atoms with Crippen LogP contribution in [0.3, 0.4) is 0 Å². The molecule has 0 radical (unpaired) electrons. The van der Waals surface area contributed by atoms with Crippen LogP contribution in [0.25, 0.3) is 6.01 Å². The second kappa shape index (κ2) is 10.7. The fourth-order valence-corrected chi connectivity index (χ4v) is 4.39. The van der Waals surface area contributed by atoms with Gasteiger partial charge in [-0.15, -0.1) is 0 Å². The number of carbonyl (C=O) groups is 2. The van der Waals surface area contributed by atoms with Crippen LogP contribution in [0.15, 0.2) is 33.7 Å². The number of esters is 1. The average molecular weight is 568 g/mol. The van der Waals surface area contributed by atoms with E-state index < -0.39 is 40.2 Å². The van der Waals surface area contributed by atoms with Crippen molar-refractivity contribution < 1.29 is 31.9 Å². The third kappa shape index (κ3) is 5.63. The van der Waals surface area contributed by atoms with Crippen molar-refractivity contribution in [3.8, 4) is 6.01 Å². The molecule has 0 bridgehead atoms. The highest BCUT2D eigenvalue weighted by Gasteiger charge is 2.36. The minimum Gasteiger partial charge on any atom is -0.461 e. The molecule has 208 valence electrons. The van der Waals surface area contributed by atoms with Crippen LogP contribution < -0.4 is 10.9 Å². The first kappa shape index (κ1) is 28.1. The lowest BCUT2D eigenvalue weighted by Crippen LogP contribution is -2.46. The molecule has 0 aliphatic carbocycles. The molecule has 1 aliphatic rings. The van der Waals surface area contributed by atoms with Crippen molar-refractivity contribution in [2.75, 3.05) is 11.9 Å². The summed E-state index contributed by atoms with van der Waals surface area (Å²) in [6.45, 7) is 6.94. The minimum absolute atomic E-state index is 0.0545. The van der Waals surface area contributed by atoms with Gasteiger partial charge in [0.05, 0.1) is 29.4 Å². The molecule has 0 unspecified atom stereocenters. The molecule has 1 amide bonds. The SMILES string of the molecule is CCOC(=O)c1coc(-n2c(NC(C)C)nc3c(c2=O)C[C@@H](C)N(C(=O)c2ccc(Cl)c(C(F)(F)F)c2)C3)n1. The maximum absolute atomic E-state index is 13.6. The number of amides is 1. The van der Waals surface area contributed by atoms with Crippen molar-refractivity contribution in [1.29, 1.82) is 0 Å². The van der Waals surface area contributed by atoms with Gasteiger partial charge in [-0.1, -0.05) is 11.6 Å². The Balaban J connectivity index is 1.74. The maximum Gasteiger partial charge on any atom is 0.417 e. The Bertz CT molecular complexity index is 1480. The first-order chi connectivity index (χ1) is 18.3. The van der Waals surface area contributed by atoms with Crippen LogP contribution in [0.2, 0.25) is 5.02 Å². The number of nitrogens with one attached hydrogen (secondary N) is 1. The van der Waals surface area contributed by atoms with E-state index in [0.717, 1.165) is 16.9 Å². The van der Waals surface area contributed by atoms with Crippen molar-refractivity contribution in [2.45, 2.75) is 58.9 Å². The number of alkyl halides is 3. The molecule has 0 fully saturated rings. The van der Waals surface area contributed by atoms with Crippen molar-refractivity contribution in [2.24, 2.45) is 0 Å². The molecule has 14 heteroatoms. The molecule has 10 nitrogen and oxygen atoms in total. The number of aromatic nitrogens is 3. The Morgan fingerprint density at radius 2 is 2.00 bits per heavy atom. The Labute approximate surface area is 225 Å². The third-order valence-electron chi connectivity index (χ3n) is 5.98. The summed E-state index contributed by atoms with van der Waals surface area (Å²) < 4.78 is 51.5. The standard InChI is InChI=1S/C25H25ClF3N5O5/c1-5-38-22(37)19-11-39-24(32-19)34-21(36)15-8-13(4)33(10-18(15)31-23(34)30-12(2)3)20(35)14-6-7-17(26)16(9-14)25(27,28)29/h6-7,9,11-13H,5,8,10H2,1-4H3,(H,30,31)/t13-/m1/s1. The molecule has 1 aromatic carbocycles. The van der Waals surface area contributed by atoms with E-state index >= 15 is 0 Å². The maximum atomic E-state index is 13.6. The molecule has 0 spiro atoms. The minimum atomic E-state index is -4.73. The number of carbonyl (C=O) groups excluding carboxylic acids is 2. The van der Waals surface area contributed by atoms with E-state index in [9.17, 15) is 27.6 Å². The van der Waals surface area contributed by atoms with E-state index in [1.807, 2.05) is 13.8 Å². The van der Waals surface area contributed by atoms with E-state index in [0.29, 0.717) is 6.07 Å². The second-order valence-electron chi connectivity index (χ2n) is 9.21. The van der Waals surface area contributed by atoms with Crippen LogP contribution in [0.1, 0.15) is 65.4 Å². The fourth-order valence-electron chi connectivity index (χ4n) is 4.17. The van der Waals surface area contributed by atoms with Gasteiger partial charge in [0.2, 0.25) is 5.95 Å². The van der Waals surface area contributed by atoms with Crippen molar-refractivity contribution in [3.05, 3.63) is 67.9 Å². The summed E-state index contributed by atoms with van der Waals surface area (Å²) in [5.74, 6) is -1.33. The highest BCUT2D eigenvalue weighted by Crippen LogP contribution is 2.36. The van der Waals surface area contributed by atoms with Gasteiger partial charge in [-0.05, 0) is 52.3 Å². The van der Waals surface area contributed by atoms with Gasteiger partial charge in [-0.3, -0.25) is 9.59 Å². The summed E-state index contributed by atoms with van der Waals surface area (Å²) in [7, 11) is 0. The van der Waals surface area contributed by atoms with E-state index in [2.05, 4.69) is 15.3 Å². The molecule has 1 aliphatic heterocycles. The highest BCUT2D eigenvalue weighted by atomic mass is 35.5. The summed E-state index contributed by atoms with van der Waals surface area (Å²) in [6, 6.07) is 2.03. The van der Waals surface area contributed by atoms with Crippen LogP contribution in [0.5, 0.6) is 0 Å². The van der Waals surface area contributed by atoms with Crippen LogP contribution >= 0.6 is 11.6 Å². The Morgan fingerprint density at radius 1 is 1.28 bits per heavy atom. The number of ether oxygens (including phenoxy) is 1. The summed E-state index contributed by atoms with van der Waals surface area (Å²) in [5.41, 5.74) is -1.40. The monoisotopic (exact) mass is 567 g/mol. The summed E-state index contributed by atoms with van der Waals surface area (Å²) in [4.78, 5) is 49.0. The number of hydrogen-bond donors (Lipinski definition) is 1. The van der Waals surface area contributed by atoms with E-state index in [4.69, 9.17) is 20.8 Å². The number of oxazole rings is 1. The quantitative estimate of drug-likeness (QED) is 0.433. The number of anilines is 1. The number of hydrogen-bond acceptors (Lipinski definition) is 8. The number of benzene rings is 1. The lowest BCUT2D eigenvalue weighted by molar-refractivity contribution is -0.137. The number of nitrogens with zero attached hydrogens (tertiary/aromatic N) is 4. The molecule has 3 aromatic rings. The van der Waals surface area contributed by atoms with Crippen LogP contribution in [0, 0.1) is 0 Å². The van der Waals surface area contributed by atoms with E-state index in [-0.39, 0.29) is 60.1 Å². The normalized spacial score (nSPS) is 15.3. The fraction of sp³-hybridized carbons (Fsp3) is 0.400. The zero-order valence-corrected chi connectivity index (χ0v) is 22.2. The second-order valence-corrected chi connectivity index (χ2v) is 9.62. The van der Waals surface area contributed by atoms with Crippen LogP contribution in [0.4, 0.5) is 19.1 Å². The molecule has 1 atom stereocenters. The summed E-state index contributed by atoms with van der Waals surface area (Å²) in [6.07, 6.45) is -3.59. The number of halogens is 4. The van der Waals surface area contributed by atoms with Gasteiger partial charge in [0.25, 0.3) is 11.5 Å². The van der Waals surface area contributed by atoms with Gasteiger partial charge < -0.3 is 19.4 Å². The van der Waals surface area contributed by atoms with Crippen molar-refractivity contribution >= 4 is 29.4 Å². The Hall–Kier alpha value is -3.87. The predicted molar refractivity (Wildman–Crippen MR) is 134 cm³/mol. The van der Waals surface area contributed by atoms with Crippen molar-refractivity contribution in [3.63, 3.8) is 0 Å². The zero-order chi connectivity index (χ0) is 28.6. The Morgan fingerprint density at radius 3 is 2.64 bits per heavy atom. The molecule has 3 heterocycles. The van der Waals surface area contributed by atoms with Gasteiger partial charge in [-0.25, -0.2) is 9.78 Å². The largest absolute Gasteiger partial charge is 0.461 e. The smallest absolute Gasteiger partial charge is 0.417 e. The topological polar surface area (TPSA) is 120 Å². The third-order valence-corrected chi connectivity index (χ3v) is 6.31. The van der Waals surface area contributed by atoms with Crippen LogP contribution in [-0.4, -0.2) is 50.0 Å². The molecule has 39 heavy (non-hydrogen) atoms. The van der Waals surface area contributed by atoms with Gasteiger partial charge in [0, 0.05) is 23.2 Å². The molecule has 0 saturated heterocycles. The van der Waals surface area contributed by atoms with Gasteiger partial charge in [0.15, 0.2) is 5.69 Å². The Kier molecular flexibility index (Phi) is 7.73.